The van der Waals surface area contributed by atoms with Crippen molar-refractivity contribution in [3.8, 4) is 0 Å². The number of hydrogen-bond acceptors (Lipinski definition) is 4. The van der Waals surface area contributed by atoms with E-state index in [4.69, 9.17) is 9.47 Å². The molecule has 0 aromatic heterocycles. The fourth-order valence-electron chi connectivity index (χ4n) is 2.69. The summed E-state index contributed by atoms with van der Waals surface area (Å²) in [5.74, 6) is -0.362. The summed E-state index contributed by atoms with van der Waals surface area (Å²) in [6.45, 7) is 5.37. The van der Waals surface area contributed by atoms with Gasteiger partial charge >= 0.3 is 12.1 Å². The molecular weight excluding hydrogens is 342 g/mol. The summed E-state index contributed by atoms with van der Waals surface area (Å²) in [6.07, 6.45) is 7.90. The number of hydrogen-bond donors (Lipinski definition) is 0. The topological polar surface area (TPSA) is 55.8 Å². The number of unbranched alkanes of at least 4 members (excludes halogenated alkanes) is 6. The van der Waals surface area contributed by atoms with Gasteiger partial charge in [0, 0.05) is 6.54 Å². The fraction of sp³-hybridized carbons (Fsp3) is 0.636. The summed E-state index contributed by atoms with van der Waals surface area (Å²) in [5.41, 5.74) is 0.926. The van der Waals surface area contributed by atoms with Crippen molar-refractivity contribution in [1.82, 2.24) is 4.90 Å². The highest BCUT2D eigenvalue weighted by Gasteiger charge is 2.19. The molecule has 1 aromatic rings. The standard InChI is InChI=1S/C22H35NO4/c1-3-5-7-12-16-23(18-21(24)26-17-13-8-6-4-2)22(25)27-19-20-14-10-9-11-15-20/h9-11,14-15H,3-8,12-13,16-19H2,1-2H3. The van der Waals surface area contributed by atoms with Crippen molar-refractivity contribution in [3.05, 3.63) is 35.9 Å². The first-order valence-electron chi connectivity index (χ1n) is 10.3. The molecule has 0 saturated carbocycles. The highest BCUT2D eigenvalue weighted by Crippen LogP contribution is 2.07. The van der Waals surface area contributed by atoms with Crippen molar-refractivity contribution >= 4 is 12.1 Å². The molecule has 0 spiro atoms. The number of ether oxygens (including phenoxy) is 2. The van der Waals surface area contributed by atoms with E-state index in [0.717, 1.165) is 56.9 Å². The van der Waals surface area contributed by atoms with E-state index in [1.54, 1.807) is 0 Å². The molecule has 1 amide bonds. The molecule has 0 N–H and O–H groups in total. The molecule has 0 unspecified atom stereocenters. The highest BCUT2D eigenvalue weighted by molar-refractivity contribution is 5.78. The summed E-state index contributed by atoms with van der Waals surface area (Å²) in [4.78, 5) is 26.0. The normalized spacial score (nSPS) is 10.4. The van der Waals surface area contributed by atoms with Gasteiger partial charge in [-0.1, -0.05) is 82.7 Å². The number of benzene rings is 1. The third-order valence-corrected chi connectivity index (χ3v) is 4.33. The van der Waals surface area contributed by atoms with Crippen molar-refractivity contribution in [2.24, 2.45) is 0 Å². The lowest BCUT2D eigenvalue weighted by molar-refractivity contribution is -0.144. The smallest absolute Gasteiger partial charge is 0.410 e. The monoisotopic (exact) mass is 377 g/mol. The van der Waals surface area contributed by atoms with E-state index in [1.165, 1.54) is 4.90 Å². The molecule has 1 rings (SSSR count). The average Bonchev–Trinajstić information content (AvgIpc) is 2.69. The second-order valence-corrected chi connectivity index (χ2v) is 6.80. The Bertz CT molecular complexity index is 518. The number of amides is 1. The van der Waals surface area contributed by atoms with Gasteiger partial charge in [-0.25, -0.2) is 4.79 Å². The summed E-state index contributed by atoms with van der Waals surface area (Å²) < 4.78 is 10.7. The number of esters is 1. The van der Waals surface area contributed by atoms with E-state index in [-0.39, 0.29) is 19.1 Å². The Balaban J connectivity index is 2.44. The first-order chi connectivity index (χ1) is 13.2. The quantitative estimate of drug-likeness (QED) is 0.325. The van der Waals surface area contributed by atoms with Crippen LogP contribution in [0.5, 0.6) is 0 Å². The Morgan fingerprint density at radius 3 is 2.19 bits per heavy atom. The van der Waals surface area contributed by atoms with Crippen LogP contribution in [-0.2, 0) is 20.9 Å². The SMILES string of the molecule is CCCCCCOC(=O)CN(CCCCCC)C(=O)OCc1ccccc1. The first kappa shape index (κ1) is 23.0. The predicted octanol–water partition coefficient (Wildman–Crippen LogP) is 5.33. The number of carbonyl (C=O) groups is 2. The Hall–Kier alpha value is -2.04. The van der Waals surface area contributed by atoms with E-state index < -0.39 is 6.09 Å². The molecular formula is C22H35NO4. The van der Waals surface area contributed by atoms with Crippen molar-refractivity contribution < 1.29 is 19.1 Å². The van der Waals surface area contributed by atoms with Gasteiger partial charge in [-0.3, -0.25) is 9.69 Å². The summed E-state index contributed by atoms with van der Waals surface area (Å²) >= 11 is 0. The first-order valence-corrected chi connectivity index (χ1v) is 10.3. The van der Waals surface area contributed by atoms with Gasteiger partial charge in [-0.2, -0.15) is 0 Å². The largest absolute Gasteiger partial charge is 0.464 e. The maximum atomic E-state index is 12.4. The summed E-state index contributed by atoms with van der Waals surface area (Å²) in [6, 6.07) is 9.54. The van der Waals surface area contributed by atoms with Gasteiger partial charge in [0.15, 0.2) is 0 Å². The molecule has 0 heterocycles. The lowest BCUT2D eigenvalue weighted by atomic mass is 10.2. The molecule has 152 valence electrons. The van der Waals surface area contributed by atoms with Crippen LogP contribution < -0.4 is 0 Å². The van der Waals surface area contributed by atoms with E-state index in [1.807, 2.05) is 30.3 Å². The van der Waals surface area contributed by atoms with E-state index >= 15 is 0 Å². The lowest BCUT2D eigenvalue weighted by Crippen LogP contribution is -2.37. The molecule has 0 atom stereocenters. The Labute approximate surface area is 164 Å². The molecule has 0 fully saturated rings. The van der Waals surface area contributed by atoms with Crippen LogP contribution in [0.2, 0.25) is 0 Å². The predicted molar refractivity (Wildman–Crippen MR) is 107 cm³/mol. The molecule has 27 heavy (non-hydrogen) atoms. The van der Waals surface area contributed by atoms with E-state index in [9.17, 15) is 9.59 Å². The van der Waals surface area contributed by atoms with Gasteiger partial charge in [0.25, 0.3) is 0 Å². The van der Waals surface area contributed by atoms with Gasteiger partial charge in [-0.05, 0) is 18.4 Å². The number of carbonyl (C=O) groups excluding carboxylic acids is 2. The van der Waals surface area contributed by atoms with Crippen molar-refractivity contribution in [2.75, 3.05) is 19.7 Å². The zero-order valence-electron chi connectivity index (χ0n) is 17.0. The van der Waals surface area contributed by atoms with E-state index in [2.05, 4.69) is 13.8 Å². The number of rotatable bonds is 14. The van der Waals surface area contributed by atoms with E-state index in [0.29, 0.717) is 13.2 Å². The molecule has 0 saturated heterocycles. The fourth-order valence-corrected chi connectivity index (χ4v) is 2.69. The van der Waals surface area contributed by atoms with Crippen LogP contribution in [0, 0.1) is 0 Å². The number of nitrogens with zero attached hydrogens (tertiary/aromatic N) is 1. The minimum Gasteiger partial charge on any atom is -0.464 e. The van der Waals surface area contributed by atoms with Gasteiger partial charge in [0.05, 0.1) is 6.61 Å². The molecule has 0 aliphatic heterocycles. The Morgan fingerprint density at radius 1 is 0.852 bits per heavy atom. The van der Waals surface area contributed by atoms with Crippen LogP contribution in [0.25, 0.3) is 0 Å². The minimum absolute atomic E-state index is 0.0481. The molecule has 0 bridgehead atoms. The third kappa shape index (κ3) is 11.3. The Morgan fingerprint density at radius 2 is 1.52 bits per heavy atom. The third-order valence-electron chi connectivity index (χ3n) is 4.33. The zero-order chi connectivity index (χ0) is 19.7. The van der Waals surface area contributed by atoms with Gasteiger partial charge in [0.1, 0.15) is 13.2 Å². The molecule has 0 radical (unpaired) electrons. The van der Waals surface area contributed by atoms with Crippen LogP contribution in [0.15, 0.2) is 30.3 Å². The maximum absolute atomic E-state index is 12.4. The van der Waals surface area contributed by atoms with Crippen molar-refractivity contribution in [1.29, 1.82) is 0 Å². The Kier molecular flexibility index (Phi) is 12.8. The van der Waals surface area contributed by atoms with Crippen molar-refractivity contribution in [2.45, 2.75) is 71.8 Å². The minimum atomic E-state index is -0.460. The van der Waals surface area contributed by atoms with Crippen molar-refractivity contribution in [3.63, 3.8) is 0 Å². The summed E-state index contributed by atoms with van der Waals surface area (Å²) in [7, 11) is 0. The van der Waals surface area contributed by atoms with Gasteiger partial charge in [-0.15, -0.1) is 0 Å². The molecule has 1 aromatic carbocycles. The molecule has 5 heteroatoms. The second kappa shape index (κ2) is 15.1. The molecule has 0 aliphatic carbocycles. The lowest BCUT2D eigenvalue weighted by Gasteiger charge is -2.21. The highest BCUT2D eigenvalue weighted by atomic mass is 16.6. The van der Waals surface area contributed by atoms with Crippen LogP contribution in [-0.4, -0.2) is 36.7 Å². The van der Waals surface area contributed by atoms with Crippen LogP contribution in [0.3, 0.4) is 0 Å². The average molecular weight is 378 g/mol. The summed E-state index contributed by atoms with van der Waals surface area (Å²) in [5, 5.41) is 0. The van der Waals surface area contributed by atoms with Crippen LogP contribution in [0.1, 0.15) is 70.8 Å². The second-order valence-electron chi connectivity index (χ2n) is 6.80. The zero-order valence-corrected chi connectivity index (χ0v) is 17.0. The molecule has 0 aliphatic rings. The maximum Gasteiger partial charge on any atom is 0.410 e. The van der Waals surface area contributed by atoms with Crippen LogP contribution >= 0.6 is 0 Å². The molecule has 5 nitrogen and oxygen atoms in total. The van der Waals surface area contributed by atoms with Crippen LogP contribution in [0.4, 0.5) is 4.79 Å². The van der Waals surface area contributed by atoms with Gasteiger partial charge in [0.2, 0.25) is 0 Å². The van der Waals surface area contributed by atoms with Gasteiger partial charge < -0.3 is 9.47 Å².